The van der Waals surface area contributed by atoms with E-state index in [0.717, 1.165) is 14.9 Å². The van der Waals surface area contributed by atoms with Crippen LogP contribution in [0.5, 0.6) is 5.75 Å². The smallest absolute Gasteiger partial charge is 0.244 e. The molecule has 0 radical (unpaired) electrons. The standard InChI is InChI=1S/C14H12BrN3O2S/c15-9-6-12(21-7-9)13-17-14(20-18-13)11(16)5-8-1-3-10(19)4-2-8/h1-4,6-7,11,19H,5,16H2. The van der Waals surface area contributed by atoms with Gasteiger partial charge in [0.15, 0.2) is 0 Å². The van der Waals surface area contributed by atoms with Crippen LogP contribution in [-0.4, -0.2) is 15.2 Å². The molecule has 0 amide bonds. The molecule has 0 spiro atoms. The number of aromatic hydroxyl groups is 1. The van der Waals surface area contributed by atoms with Crippen LogP contribution in [0.2, 0.25) is 0 Å². The van der Waals surface area contributed by atoms with E-state index in [0.29, 0.717) is 18.1 Å². The van der Waals surface area contributed by atoms with Crippen LogP contribution < -0.4 is 5.73 Å². The predicted molar refractivity (Wildman–Crippen MR) is 84.1 cm³/mol. The molecule has 5 nitrogen and oxygen atoms in total. The molecule has 1 aromatic carbocycles. The highest BCUT2D eigenvalue weighted by Gasteiger charge is 2.17. The number of nitrogens with two attached hydrogens (primary N) is 1. The molecule has 108 valence electrons. The van der Waals surface area contributed by atoms with Crippen LogP contribution in [0.15, 0.2) is 44.7 Å². The van der Waals surface area contributed by atoms with Crippen LogP contribution in [0.1, 0.15) is 17.5 Å². The molecular weight excluding hydrogens is 354 g/mol. The molecule has 0 saturated carbocycles. The summed E-state index contributed by atoms with van der Waals surface area (Å²) in [5.41, 5.74) is 7.10. The Kier molecular flexibility index (Phi) is 4.05. The Morgan fingerprint density at radius 2 is 2.10 bits per heavy atom. The summed E-state index contributed by atoms with van der Waals surface area (Å²) in [6.45, 7) is 0. The fourth-order valence-corrected chi connectivity index (χ4v) is 3.24. The van der Waals surface area contributed by atoms with Crippen LogP contribution >= 0.6 is 27.3 Å². The zero-order valence-corrected chi connectivity index (χ0v) is 13.3. The summed E-state index contributed by atoms with van der Waals surface area (Å²) in [5.74, 6) is 1.18. The minimum atomic E-state index is -0.376. The third kappa shape index (κ3) is 3.31. The fourth-order valence-electron chi connectivity index (χ4n) is 1.89. The van der Waals surface area contributed by atoms with E-state index in [2.05, 4.69) is 26.1 Å². The summed E-state index contributed by atoms with van der Waals surface area (Å²) in [5, 5.41) is 15.2. The maximum Gasteiger partial charge on any atom is 0.244 e. The van der Waals surface area contributed by atoms with Crippen LogP contribution in [0.3, 0.4) is 0 Å². The summed E-state index contributed by atoms with van der Waals surface area (Å²) in [6, 6.07) is 8.46. The number of nitrogens with zero attached hydrogens (tertiary/aromatic N) is 2. The van der Waals surface area contributed by atoms with E-state index in [1.54, 1.807) is 12.1 Å². The van der Waals surface area contributed by atoms with E-state index >= 15 is 0 Å². The van der Waals surface area contributed by atoms with Gasteiger partial charge < -0.3 is 15.4 Å². The predicted octanol–water partition coefficient (Wildman–Crippen LogP) is 3.51. The number of phenolic OH excluding ortho intramolecular Hbond substituents is 1. The fraction of sp³-hybridized carbons (Fsp3) is 0.143. The van der Waals surface area contributed by atoms with Gasteiger partial charge in [0.2, 0.25) is 11.7 Å². The van der Waals surface area contributed by atoms with Crippen LogP contribution in [0, 0.1) is 0 Å². The second kappa shape index (κ2) is 5.97. The van der Waals surface area contributed by atoms with Crippen LogP contribution in [-0.2, 0) is 6.42 Å². The van der Waals surface area contributed by atoms with Gasteiger partial charge in [0.05, 0.1) is 10.9 Å². The highest BCUT2D eigenvalue weighted by atomic mass is 79.9. The molecule has 2 heterocycles. The summed E-state index contributed by atoms with van der Waals surface area (Å²) in [6.07, 6.45) is 0.566. The third-order valence-electron chi connectivity index (χ3n) is 2.94. The maximum absolute atomic E-state index is 9.26. The molecular formula is C14H12BrN3O2S. The molecule has 3 rings (SSSR count). The van der Waals surface area contributed by atoms with E-state index in [1.165, 1.54) is 11.3 Å². The molecule has 1 atom stereocenters. The lowest BCUT2D eigenvalue weighted by molar-refractivity contribution is 0.354. The number of benzene rings is 1. The van der Waals surface area contributed by atoms with Gasteiger partial charge >= 0.3 is 0 Å². The Hall–Kier alpha value is -1.70. The molecule has 1 unspecified atom stereocenters. The van der Waals surface area contributed by atoms with Gasteiger partial charge in [0.1, 0.15) is 5.75 Å². The van der Waals surface area contributed by atoms with Crippen LogP contribution in [0.4, 0.5) is 0 Å². The maximum atomic E-state index is 9.26. The largest absolute Gasteiger partial charge is 0.508 e. The Morgan fingerprint density at radius 1 is 1.33 bits per heavy atom. The van der Waals surface area contributed by atoms with Crippen molar-refractivity contribution < 1.29 is 9.63 Å². The topological polar surface area (TPSA) is 85.2 Å². The van der Waals surface area contributed by atoms with Crippen molar-refractivity contribution in [2.75, 3.05) is 0 Å². The van der Waals surface area contributed by atoms with Crippen molar-refractivity contribution >= 4 is 27.3 Å². The first-order chi connectivity index (χ1) is 10.1. The number of aromatic nitrogens is 2. The summed E-state index contributed by atoms with van der Waals surface area (Å²) in [4.78, 5) is 5.27. The summed E-state index contributed by atoms with van der Waals surface area (Å²) in [7, 11) is 0. The lowest BCUT2D eigenvalue weighted by Crippen LogP contribution is -2.13. The van der Waals surface area contributed by atoms with E-state index in [9.17, 15) is 5.11 Å². The number of thiophene rings is 1. The van der Waals surface area contributed by atoms with Gasteiger partial charge in [-0.05, 0) is 46.1 Å². The van der Waals surface area contributed by atoms with Crippen molar-refractivity contribution in [1.82, 2.24) is 10.1 Å². The van der Waals surface area contributed by atoms with Gasteiger partial charge in [-0.2, -0.15) is 4.98 Å². The van der Waals surface area contributed by atoms with Crippen molar-refractivity contribution in [1.29, 1.82) is 0 Å². The molecule has 7 heteroatoms. The van der Waals surface area contributed by atoms with Crippen molar-refractivity contribution in [3.8, 4) is 16.5 Å². The van der Waals surface area contributed by atoms with Gasteiger partial charge in [-0.3, -0.25) is 0 Å². The number of hydrogen-bond donors (Lipinski definition) is 2. The van der Waals surface area contributed by atoms with E-state index < -0.39 is 0 Å². The van der Waals surface area contributed by atoms with E-state index in [4.69, 9.17) is 10.3 Å². The summed E-state index contributed by atoms with van der Waals surface area (Å²) < 4.78 is 6.23. The van der Waals surface area contributed by atoms with Crippen molar-refractivity contribution in [3.63, 3.8) is 0 Å². The van der Waals surface area contributed by atoms with Gasteiger partial charge in [0.25, 0.3) is 0 Å². The SMILES string of the molecule is NC(Cc1ccc(O)cc1)c1nc(-c2cc(Br)cs2)no1. The highest BCUT2D eigenvalue weighted by molar-refractivity contribution is 9.10. The van der Waals surface area contributed by atoms with Crippen LogP contribution in [0.25, 0.3) is 10.7 Å². The molecule has 0 saturated heterocycles. The molecule has 0 aliphatic heterocycles. The quantitative estimate of drug-likeness (QED) is 0.738. The Bertz CT molecular complexity index is 739. The molecule has 2 aromatic heterocycles. The zero-order chi connectivity index (χ0) is 14.8. The molecule has 3 N–H and O–H groups in total. The average Bonchev–Trinajstić information content (AvgIpc) is 3.10. The molecule has 0 aliphatic rings. The normalized spacial score (nSPS) is 12.5. The highest BCUT2D eigenvalue weighted by Crippen LogP contribution is 2.28. The lowest BCUT2D eigenvalue weighted by atomic mass is 10.1. The number of rotatable bonds is 4. The lowest BCUT2D eigenvalue weighted by Gasteiger charge is -2.06. The first kappa shape index (κ1) is 14.2. The van der Waals surface area contributed by atoms with E-state index in [-0.39, 0.29) is 11.8 Å². The number of phenols is 1. The Labute approximate surface area is 133 Å². The first-order valence-corrected chi connectivity index (χ1v) is 7.90. The van der Waals surface area contributed by atoms with Gasteiger partial charge in [-0.15, -0.1) is 11.3 Å². The molecule has 21 heavy (non-hydrogen) atoms. The molecule has 0 bridgehead atoms. The van der Waals surface area contributed by atoms with Crippen molar-refractivity contribution in [2.24, 2.45) is 5.73 Å². The van der Waals surface area contributed by atoms with Gasteiger partial charge in [-0.25, -0.2) is 0 Å². The summed E-state index contributed by atoms with van der Waals surface area (Å²) >= 11 is 4.93. The minimum Gasteiger partial charge on any atom is -0.508 e. The Balaban J connectivity index is 1.74. The first-order valence-electron chi connectivity index (χ1n) is 6.23. The Morgan fingerprint density at radius 3 is 2.76 bits per heavy atom. The van der Waals surface area contributed by atoms with Gasteiger partial charge in [-0.1, -0.05) is 17.3 Å². The monoisotopic (exact) mass is 365 g/mol. The minimum absolute atomic E-state index is 0.232. The zero-order valence-electron chi connectivity index (χ0n) is 10.9. The van der Waals surface area contributed by atoms with Crippen molar-refractivity contribution in [3.05, 3.63) is 51.6 Å². The molecule has 0 fully saturated rings. The van der Waals surface area contributed by atoms with E-state index in [1.807, 2.05) is 23.6 Å². The van der Waals surface area contributed by atoms with Gasteiger partial charge in [0, 0.05) is 9.85 Å². The average molecular weight is 366 g/mol. The molecule has 0 aliphatic carbocycles. The molecule has 3 aromatic rings. The third-order valence-corrected chi connectivity index (χ3v) is 4.63. The van der Waals surface area contributed by atoms with Crippen molar-refractivity contribution in [2.45, 2.75) is 12.5 Å². The second-order valence-corrected chi connectivity index (χ2v) is 6.39. The number of hydrogen-bond acceptors (Lipinski definition) is 6. The number of halogens is 1. The second-order valence-electron chi connectivity index (χ2n) is 4.56.